The molecule has 2 aliphatic carbocycles. The molecule has 0 spiro atoms. The number of Topliss-reactive ketones (excluding diaryl/α,β-unsaturated/α-hetero) is 1. The fraction of sp³-hybridized carbons (Fsp3) is 0.867. The Bertz CT molecular complexity index is 388. The van der Waals surface area contributed by atoms with Crippen molar-refractivity contribution in [2.75, 3.05) is 6.54 Å². The van der Waals surface area contributed by atoms with Gasteiger partial charge in [0.25, 0.3) is 0 Å². The lowest BCUT2D eigenvalue weighted by molar-refractivity contribution is -0.136. The SMILES string of the molecule is CC1(C)CC1C(=O)N1CCCC1C1CCCC1=O. The maximum absolute atomic E-state index is 12.5. The van der Waals surface area contributed by atoms with E-state index in [2.05, 4.69) is 13.8 Å². The van der Waals surface area contributed by atoms with Gasteiger partial charge in [-0.3, -0.25) is 9.59 Å². The zero-order valence-corrected chi connectivity index (χ0v) is 11.4. The third kappa shape index (κ3) is 1.88. The van der Waals surface area contributed by atoms with Gasteiger partial charge in [-0.2, -0.15) is 0 Å². The molecule has 3 heteroatoms. The summed E-state index contributed by atoms with van der Waals surface area (Å²) in [4.78, 5) is 26.5. The van der Waals surface area contributed by atoms with E-state index in [4.69, 9.17) is 0 Å². The molecule has 2 saturated carbocycles. The lowest BCUT2D eigenvalue weighted by atomic mass is 9.94. The minimum atomic E-state index is 0.151. The number of carbonyl (C=O) groups excluding carboxylic acids is 2. The summed E-state index contributed by atoms with van der Waals surface area (Å²) in [7, 11) is 0. The van der Waals surface area contributed by atoms with E-state index in [1.807, 2.05) is 4.90 Å². The van der Waals surface area contributed by atoms with E-state index in [1.54, 1.807) is 0 Å². The first-order valence-electron chi connectivity index (χ1n) is 7.34. The average Bonchev–Trinajstić information content (AvgIpc) is 2.75. The van der Waals surface area contributed by atoms with Crippen molar-refractivity contribution in [3.8, 4) is 0 Å². The monoisotopic (exact) mass is 249 g/mol. The van der Waals surface area contributed by atoms with Crippen molar-refractivity contribution < 1.29 is 9.59 Å². The third-order valence-corrected chi connectivity index (χ3v) is 5.21. The Morgan fingerprint density at radius 1 is 1.28 bits per heavy atom. The van der Waals surface area contributed by atoms with Gasteiger partial charge in [0.15, 0.2) is 0 Å². The van der Waals surface area contributed by atoms with Gasteiger partial charge in [0.2, 0.25) is 5.91 Å². The number of nitrogens with zero attached hydrogens (tertiary/aromatic N) is 1. The van der Waals surface area contributed by atoms with Gasteiger partial charge >= 0.3 is 0 Å². The van der Waals surface area contributed by atoms with Crippen molar-refractivity contribution in [1.82, 2.24) is 4.90 Å². The predicted molar refractivity (Wildman–Crippen MR) is 69.0 cm³/mol. The largest absolute Gasteiger partial charge is 0.339 e. The highest BCUT2D eigenvalue weighted by Crippen LogP contribution is 2.53. The molecule has 0 bridgehead atoms. The minimum absolute atomic E-state index is 0.151. The second-order valence-electron chi connectivity index (χ2n) is 6.95. The molecule has 3 unspecified atom stereocenters. The van der Waals surface area contributed by atoms with E-state index in [9.17, 15) is 9.59 Å². The van der Waals surface area contributed by atoms with Gasteiger partial charge in [-0.25, -0.2) is 0 Å². The predicted octanol–water partition coefficient (Wildman–Crippen LogP) is 2.39. The fourth-order valence-corrected chi connectivity index (χ4v) is 3.82. The maximum Gasteiger partial charge on any atom is 0.226 e. The molecule has 0 aromatic carbocycles. The molecule has 0 aromatic heterocycles. The van der Waals surface area contributed by atoms with E-state index in [1.165, 1.54) is 0 Å². The first-order valence-corrected chi connectivity index (χ1v) is 7.34. The Kier molecular flexibility index (Phi) is 2.76. The molecule has 100 valence electrons. The molecular formula is C15H23NO2. The first kappa shape index (κ1) is 12.2. The van der Waals surface area contributed by atoms with E-state index < -0.39 is 0 Å². The molecule has 1 heterocycles. The van der Waals surface area contributed by atoms with Crippen molar-refractivity contribution in [2.45, 2.75) is 58.4 Å². The van der Waals surface area contributed by atoms with Crippen LogP contribution in [0.15, 0.2) is 0 Å². The Hall–Kier alpha value is -0.860. The number of amides is 1. The molecule has 3 aliphatic rings. The van der Waals surface area contributed by atoms with Crippen LogP contribution in [0.1, 0.15) is 52.4 Å². The van der Waals surface area contributed by atoms with Gasteiger partial charge in [0.05, 0.1) is 0 Å². The van der Waals surface area contributed by atoms with Gasteiger partial charge in [-0.15, -0.1) is 0 Å². The number of likely N-dealkylation sites (tertiary alicyclic amines) is 1. The molecule has 0 N–H and O–H groups in total. The molecule has 1 amide bonds. The van der Waals surface area contributed by atoms with E-state index in [-0.39, 0.29) is 23.3 Å². The first-order chi connectivity index (χ1) is 8.50. The average molecular weight is 249 g/mol. The van der Waals surface area contributed by atoms with Crippen molar-refractivity contribution in [3.63, 3.8) is 0 Å². The van der Waals surface area contributed by atoms with Gasteiger partial charge < -0.3 is 4.90 Å². The topological polar surface area (TPSA) is 37.4 Å². The van der Waals surface area contributed by atoms with E-state index >= 15 is 0 Å². The molecular weight excluding hydrogens is 226 g/mol. The summed E-state index contributed by atoms with van der Waals surface area (Å²) in [6, 6.07) is 0.226. The Balaban J connectivity index is 1.71. The van der Waals surface area contributed by atoms with Crippen molar-refractivity contribution in [1.29, 1.82) is 0 Å². The molecule has 3 rings (SSSR count). The van der Waals surface area contributed by atoms with Crippen LogP contribution in [0.5, 0.6) is 0 Å². The maximum atomic E-state index is 12.5. The fourth-order valence-electron chi connectivity index (χ4n) is 3.82. The zero-order chi connectivity index (χ0) is 12.9. The highest BCUT2D eigenvalue weighted by atomic mass is 16.2. The van der Waals surface area contributed by atoms with E-state index in [0.29, 0.717) is 11.7 Å². The second-order valence-corrected chi connectivity index (χ2v) is 6.95. The quantitative estimate of drug-likeness (QED) is 0.753. The molecule has 1 aliphatic heterocycles. The molecule has 0 aromatic rings. The zero-order valence-electron chi connectivity index (χ0n) is 11.4. The highest BCUT2D eigenvalue weighted by Gasteiger charge is 2.54. The van der Waals surface area contributed by atoms with Crippen LogP contribution >= 0.6 is 0 Å². The van der Waals surface area contributed by atoms with Gasteiger partial charge in [0, 0.05) is 30.8 Å². The van der Waals surface area contributed by atoms with Crippen molar-refractivity contribution in [2.24, 2.45) is 17.3 Å². The summed E-state index contributed by atoms with van der Waals surface area (Å²) in [6.45, 7) is 5.21. The van der Waals surface area contributed by atoms with Crippen LogP contribution in [0.3, 0.4) is 0 Å². The number of hydrogen-bond donors (Lipinski definition) is 0. The molecule has 3 fully saturated rings. The Morgan fingerprint density at radius 2 is 2.00 bits per heavy atom. The summed E-state index contributed by atoms with van der Waals surface area (Å²) in [5.74, 6) is 1.09. The Morgan fingerprint density at radius 3 is 2.56 bits per heavy atom. The second kappa shape index (κ2) is 4.07. The van der Waals surface area contributed by atoms with Crippen LogP contribution in [0.2, 0.25) is 0 Å². The van der Waals surface area contributed by atoms with Crippen LogP contribution in [-0.2, 0) is 9.59 Å². The van der Waals surface area contributed by atoms with Crippen LogP contribution in [-0.4, -0.2) is 29.2 Å². The standard InChI is InChI=1S/C15H23NO2/c1-15(2)9-11(15)14(18)16-8-4-6-12(16)10-5-3-7-13(10)17/h10-12H,3-9H2,1-2H3. The summed E-state index contributed by atoms with van der Waals surface area (Å²) in [5.41, 5.74) is 0.198. The number of carbonyl (C=O) groups is 2. The lowest BCUT2D eigenvalue weighted by Gasteiger charge is -2.29. The van der Waals surface area contributed by atoms with Crippen LogP contribution in [0.4, 0.5) is 0 Å². The normalized spacial score (nSPS) is 38.2. The summed E-state index contributed by atoms with van der Waals surface area (Å²) < 4.78 is 0. The number of ketones is 1. The van der Waals surface area contributed by atoms with Crippen LogP contribution in [0, 0.1) is 17.3 Å². The third-order valence-electron chi connectivity index (χ3n) is 5.21. The molecule has 1 saturated heterocycles. The number of rotatable bonds is 2. The number of hydrogen-bond acceptors (Lipinski definition) is 2. The smallest absolute Gasteiger partial charge is 0.226 e. The molecule has 3 atom stereocenters. The van der Waals surface area contributed by atoms with Gasteiger partial charge in [-0.05, 0) is 37.5 Å². The summed E-state index contributed by atoms with van der Waals surface area (Å²) >= 11 is 0. The lowest BCUT2D eigenvalue weighted by Crippen LogP contribution is -2.42. The van der Waals surface area contributed by atoms with Crippen molar-refractivity contribution in [3.05, 3.63) is 0 Å². The summed E-state index contributed by atoms with van der Waals surface area (Å²) in [6.07, 6.45) is 5.90. The van der Waals surface area contributed by atoms with Gasteiger partial charge in [0.1, 0.15) is 5.78 Å². The van der Waals surface area contributed by atoms with Crippen LogP contribution < -0.4 is 0 Å². The van der Waals surface area contributed by atoms with Gasteiger partial charge in [-0.1, -0.05) is 13.8 Å². The highest BCUT2D eigenvalue weighted by molar-refractivity contribution is 5.86. The Labute approximate surface area is 109 Å². The van der Waals surface area contributed by atoms with Crippen LogP contribution in [0.25, 0.3) is 0 Å². The molecule has 0 radical (unpaired) electrons. The van der Waals surface area contributed by atoms with Crippen molar-refractivity contribution >= 4 is 11.7 Å². The minimum Gasteiger partial charge on any atom is -0.339 e. The molecule has 3 nitrogen and oxygen atoms in total. The summed E-state index contributed by atoms with van der Waals surface area (Å²) in [5, 5.41) is 0. The molecule has 18 heavy (non-hydrogen) atoms. The van der Waals surface area contributed by atoms with E-state index in [0.717, 1.165) is 45.1 Å².